The zero-order chi connectivity index (χ0) is 29.6. The van der Waals surface area contributed by atoms with Gasteiger partial charge in [0.25, 0.3) is 5.91 Å². The van der Waals surface area contributed by atoms with Crippen LogP contribution in [0, 0.1) is 19.7 Å². The molecule has 1 unspecified atom stereocenters. The third kappa shape index (κ3) is 6.55. The molecule has 1 aromatic heterocycles. The lowest BCUT2D eigenvalue weighted by atomic mass is 9.91. The van der Waals surface area contributed by atoms with Gasteiger partial charge in [0.1, 0.15) is 17.4 Å². The highest BCUT2D eigenvalue weighted by Crippen LogP contribution is 2.33. The van der Waals surface area contributed by atoms with E-state index < -0.39 is 11.9 Å². The van der Waals surface area contributed by atoms with Crippen LogP contribution in [0.5, 0.6) is 0 Å². The number of halogens is 1. The molecule has 1 aliphatic heterocycles. The number of rotatable bonds is 8. The van der Waals surface area contributed by atoms with Gasteiger partial charge in [-0.1, -0.05) is 54.1 Å². The number of aliphatic imine (C=N–C) groups is 2. The summed E-state index contributed by atoms with van der Waals surface area (Å²) in [5.74, 6) is -0.365. The number of nitrogens with zero attached hydrogens (tertiary/aromatic N) is 3. The van der Waals surface area contributed by atoms with Crippen LogP contribution in [-0.4, -0.2) is 29.6 Å². The molecule has 5 rings (SSSR count). The summed E-state index contributed by atoms with van der Waals surface area (Å²) in [5.41, 5.74) is 12.4. The SMILES string of the molecule is CC1=C(C(=O)NCC(C=NCc2ccccc2)=CN)C(c2ccc(C)cc2C)N=C(Nc2nc3ccc(F)cc3o2)N1. The monoisotopic (exact) mass is 565 g/mol. The number of guanidine groups is 1. The van der Waals surface area contributed by atoms with Gasteiger partial charge in [-0.05, 0) is 49.6 Å². The Morgan fingerprint density at radius 1 is 1.12 bits per heavy atom. The topological polar surface area (TPSA) is 130 Å². The number of hydrogen-bond donors (Lipinski definition) is 4. The van der Waals surface area contributed by atoms with Crippen molar-refractivity contribution in [3.8, 4) is 0 Å². The Labute approximate surface area is 243 Å². The molecule has 4 aromatic rings. The van der Waals surface area contributed by atoms with Gasteiger partial charge in [0.15, 0.2) is 5.58 Å². The number of aryl methyl sites for hydroxylation is 2. The van der Waals surface area contributed by atoms with Crippen LogP contribution in [0.25, 0.3) is 11.1 Å². The first-order valence-corrected chi connectivity index (χ1v) is 13.5. The molecule has 0 fully saturated rings. The molecule has 10 heteroatoms. The summed E-state index contributed by atoms with van der Waals surface area (Å²) in [6, 6.07) is 19.6. The molecule has 1 aliphatic rings. The van der Waals surface area contributed by atoms with E-state index in [1.807, 2.05) is 63.2 Å². The summed E-state index contributed by atoms with van der Waals surface area (Å²) in [4.78, 5) is 27.3. The number of amides is 1. The minimum Gasteiger partial charge on any atom is -0.423 e. The van der Waals surface area contributed by atoms with Gasteiger partial charge in [0.2, 0.25) is 5.96 Å². The van der Waals surface area contributed by atoms with Crippen LogP contribution in [-0.2, 0) is 11.3 Å². The molecule has 2 heterocycles. The number of hydrogen-bond acceptors (Lipinski definition) is 8. The molecular formula is C32H32FN7O2. The second-order valence-electron chi connectivity index (χ2n) is 10.0. The molecule has 0 bridgehead atoms. The van der Waals surface area contributed by atoms with Gasteiger partial charge in [-0.2, -0.15) is 4.98 Å². The van der Waals surface area contributed by atoms with Gasteiger partial charge in [-0.15, -0.1) is 0 Å². The molecule has 214 valence electrons. The minimum absolute atomic E-state index is 0.148. The van der Waals surface area contributed by atoms with Crippen LogP contribution in [0.2, 0.25) is 0 Å². The molecule has 3 aromatic carbocycles. The number of carbonyl (C=O) groups excluding carboxylic acids is 1. The first kappa shape index (κ1) is 28.3. The van der Waals surface area contributed by atoms with Crippen LogP contribution >= 0.6 is 0 Å². The average Bonchev–Trinajstić information content (AvgIpc) is 3.36. The van der Waals surface area contributed by atoms with E-state index in [2.05, 4.69) is 32.0 Å². The zero-order valence-corrected chi connectivity index (χ0v) is 23.6. The van der Waals surface area contributed by atoms with Crippen molar-refractivity contribution in [3.05, 3.63) is 118 Å². The third-order valence-electron chi connectivity index (χ3n) is 6.82. The molecule has 0 saturated carbocycles. The molecule has 9 nitrogen and oxygen atoms in total. The van der Waals surface area contributed by atoms with Crippen molar-refractivity contribution in [2.24, 2.45) is 15.7 Å². The summed E-state index contributed by atoms with van der Waals surface area (Å²) >= 11 is 0. The van der Waals surface area contributed by atoms with Crippen molar-refractivity contribution in [2.75, 3.05) is 11.9 Å². The number of oxazole rings is 1. The van der Waals surface area contributed by atoms with E-state index in [0.29, 0.717) is 40.4 Å². The van der Waals surface area contributed by atoms with Gasteiger partial charge >= 0.3 is 6.01 Å². The first-order chi connectivity index (χ1) is 20.3. The molecule has 1 atom stereocenters. The molecule has 0 saturated heterocycles. The Balaban J connectivity index is 1.36. The van der Waals surface area contributed by atoms with Crippen molar-refractivity contribution >= 4 is 35.2 Å². The molecule has 1 amide bonds. The van der Waals surface area contributed by atoms with Crippen LogP contribution in [0.4, 0.5) is 10.4 Å². The lowest BCUT2D eigenvalue weighted by Crippen LogP contribution is -2.39. The fourth-order valence-corrected chi connectivity index (χ4v) is 4.72. The van der Waals surface area contributed by atoms with Gasteiger partial charge in [-0.3, -0.25) is 15.1 Å². The maximum atomic E-state index is 13.6. The van der Waals surface area contributed by atoms with Crippen LogP contribution < -0.4 is 21.7 Å². The molecule has 0 spiro atoms. The number of aromatic nitrogens is 1. The number of nitrogens with one attached hydrogen (secondary N) is 3. The van der Waals surface area contributed by atoms with Crippen molar-refractivity contribution < 1.29 is 13.6 Å². The lowest BCUT2D eigenvalue weighted by molar-refractivity contribution is -0.117. The first-order valence-electron chi connectivity index (χ1n) is 13.5. The summed E-state index contributed by atoms with van der Waals surface area (Å²) in [6.45, 7) is 6.52. The van der Waals surface area contributed by atoms with Gasteiger partial charge < -0.3 is 20.8 Å². The minimum atomic E-state index is -0.617. The Morgan fingerprint density at radius 3 is 2.69 bits per heavy atom. The molecule has 0 aliphatic carbocycles. The van der Waals surface area contributed by atoms with Crippen LogP contribution in [0.3, 0.4) is 0 Å². The zero-order valence-electron chi connectivity index (χ0n) is 23.6. The molecular weight excluding hydrogens is 533 g/mol. The number of fused-ring (bicyclic) bond motifs is 1. The van der Waals surface area contributed by atoms with Crippen LogP contribution in [0.1, 0.15) is 35.2 Å². The van der Waals surface area contributed by atoms with E-state index in [1.165, 1.54) is 24.4 Å². The fraction of sp³-hybridized carbons (Fsp3) is 0.188. The van der Waals surface area contributed by atoms with Crippen molar-refractivity contribution in [1.29, 1.82) is 0 Å². The second-order valence-corrected chi connectivity index (χ2v) is 10.0. The summed E-state index contributed by atoms with van der Waals surface area (Å²) in [6.07, 6.45) is 3.10. The standard InChI is InChI=1S/C32H32FN7O2/c1-19-9-11-25(20(2)13-19)29-28(30(41)36-18-23(15-34)17-35-16-22-7-5-4-6-8-22)21(3)37-31(39-29)40-32-38-26-12-10-24(33)14-27(26)42-32/h4-15,17,29H,16,18,34H2,1-3H3,(H,36,41)(H2,37,38,39,40). The van der Waals surface area contributed by atoms with Crippen LogP contribution in [0.15, 0.2) is 104 Å². The van der Waals surface area contributed by atoms with E-state index in [9.17, 15) is 9.18 Å². The molecule has 42 heavy (non-hydrogen) atoms. The smallest absolute Gasteiger partial charge is 0.302 e. The maximum Gasteiger partial charge on any atom is 0.302 e. The summed E-state index contributed by atoms with van der Waals surface area (Å²) in [5, 5.41) is 9.16. The predicted molar refractivity (Wildman–Crippen MR) is 163 cm³/mol. The van der Waals surface area contributed by atoms with Crippen molar-refractivity contribution in [2.45, 2.75) is 33.4 Å². The van der Waals surface area contributed by atoms with E-state index in [4.69, 9.17) is 15.1 Å². The number of nitrogens with two attached hydrogens (primary N) is 1. The second kappa shape index (κ2) is 12.5. The Morgan fingerprint density at radius 2 is 1.93 bits per heavy atom. The van der Waals surface area contributed by atoms with E-state index >= 15 is 0 Å². The van der Waals surface area contributed by atoms with E-state index in [-0.39, 0.29) is 18.5 Å². The fourth-order valence-electron chi connectivity index (χ4n) is 4.72. The highest BCUT2D eigenvalue weighted by molar-refractivity contribution is 6.02. The highest BCUT2D eigenvalue weighted by Gasteiger charge is 2.30. The third-order valence-corrected chi connectivity index (χ3v) is 6.82. The molecule has 5 N–H and O–H groups in total. The number of carbonyl (C=O) groups is 1. The Bertz CT molecular complexity index is 1740. The number of allylic oxidation sites excluding steroid dienone is 1. The van der Waals surface area contributed by atoms with Crippen molar-refractivity contribution in [3.63, 3.8) is 0 Å². The Kier molecular flexibility index (Phi) is 8.42. The normalized spacial score (nSPS) is 15.6. The average molecular weight is 566 g/mol. The summed E-state index contributed by atoms with van der Waals surface area (Å²) < 4.78 is 19.3. The maximum absolute atomic E-state index is 13.6. The summed E-state index contributed by atoms with van der Waals surface area (Å²) in [7, 11) is 0. The van der Waals surface area contributed by atoms with Gasteiger partial charge in [-0.25, -0.2) is 9.38 Å². The Hall–Kier alpha value is -5.25. The highest BCUT2D eigenvalue weighted by atomic mass is 19.1. The number of anilines is 1. The van der Waals surface area contributed by atoms with Crippen molar-refractivity contribution in [1.82, 2.24) is 15.6 Å². The predicted octanol–water partition coefficient (Wildman–Crippen LogP) is 5.20. The number of benzene rings is 3. The lowest BCUT2D eigenvalue weighted by Gasteiger charge is -2.27. The van der Waals surface area contributed by atoms with E-state index in [0.717, 1.165) is 22.3 Å². The van der Waals surface area contributed by atoms with E-state index in [1.54, 1.807) is 6.21 Å². The largest absolute Gasteiger partial charge is 0.423 e. The van der Waals surface area contributed by atoms with Gasteiger partial charge in [0, 0.05) is 36.3 Å². The quantitative estimate of drug-likeness (QED) is 0.217. The van der Waals surface area contributed by atoms with Gasteiger partial charge in [0.05, 0.1) is 12.1 Å². The molecule has 0 radical (unpaired) electrons.